The lowest BCUT2D eigenvalue weighted by molar-refractivity contribution is 0.102. The number of ether oxygens (including phenoxy) is 2. The summed E-state index contributed by atoms with van der Waals surface area (Å²) in [6.45, 7) is 4.21. The van der Waals surface area contributed by atoms with Crippen molar-refractivity contribution in [3.05, 3.63) is 119 Å². The number of carbonyl (C=O) groups excluding carboxylic acids is 1. The van der Waals surface area contributed by atoms with Crippen LogP contribution in [0.25, 0.3) is 5.52 Å². The van der Waals surface area contributed by atoms with Gasteiger partial charge in [0.2, 0.25) is 5.88 Å². The molecule has 35 heavy (non-hydrogen) atoms. The number of rotatable bonds is 7. The van der Waals surface area contributed by atoms with Gasteiger partial charge in [-0.2, -0.15) is 0 Å². The molecule has 0 unspecified atom stereocenters. The lowest BCUT2D eigenvalue weighted by Crippen LogP contribution is -2.14. The van der Waals surface area contributed by atoms with Gasteiger partial charge in [0.15, 0.2) is 0 Å². The van der Waals surface area contributed by atoms with Crippen molar-refractivity contribution < 1.29 is 14.3 Å². The van der Waals surface area contributed by atoms with E-state index in [-0.39, 0.29) is 11.8 Å². The van der Waals surface area contributed by atoms with E-state index in [4.69, 9.17) is 9.47 Å². The molecule has 0 saturated carbocycles. The lowest BCUT2D eigenvalue weighted by Gasteiger charge is -2.14. The van der Waals surface area contributed by atoms with E-state index < -0.39 is 0 Å². The average molecular weight is 464 g/mol. The van der Waals surface area contributed by atoms with Gasteiger partial charge in [0, 0.05) is 11.9 Å². The second-order valence-electron chi connectivity index (χ2n) is 8.29. The molecule has 1 amide bonds. The fourth-order valence-corrected chi connectivity index (χ4v) is 3.85. The number of fused-ring (bicyclic) bond motifs is 1. The Kier molecular flexibility index (Phi) is 6.18. The molecular weight excluding hydrogens is 438 g/mol. The van der Waals surface area contributed by atoms with Crippen LogP contribution >= 0.6 is 0 Å². The van der Waals surface area contributed by atoms with E-state index in [1.54, 1.807) is 10.7 Å². The van der Waals surface area contributed by atoms with Crippen molar-refractivity contribution in [1.29, 1.82) is 0 Å². The number of hydrogen-bond donors (Lipinski definition) is 1. The summed E-state index contributed by atoms with van der Waals surface area (Å²) in [6, 6.07) is 28.9. The summed E-state index contributed by atoms with van der Waals surface area (Å²) >= 11 is 0. The zero-order valence-electron chi connectivity index (χ0n) is 19.6. The molecule has 1 N–H and O–H groups in total. The molecule has 3 aromatic carbocycles. The maximum atomic E-state index is 13.5. The standard InChI is InChI=1S/C29H25N3O3/c1-20-18-26(35-23-13-7-4-8-14-23)21(2)17-24(20)30-28(33)27-25-15-9-10-16-32(25)31-29(27)34-19-22-11-5-3-6-12-22/h3-18H,19H2,1-2H3,(H,30,33). The number of hydrogen-bond acceptors (Lipinski definition) is 4. The highest BCUT2D eigenvalue weighted by Crippen LogP contribution is 2.31. The summed E-state index contributed by atoms with van der Waals surface area (Å²) in [5.74, 6) is 1.51. The first kappa shape index (κ1) is 22.2. The highest BCUT2D eigenvalue weighted by Gasteiger charge is 2.22. The van der Waals surface area contributed by atoms with Gasteiger partial charge >= 0.3 is 0 Å². The molecule has 5 aromatic rings. The van der Waals surface area contributed by atoms with Crippen LogP contribution in [0.4, 0.5) is 5.69 Å². The molecule has 174 valence electrons. The molecule has 2 heterocycles. The summed E-state index contributed by atoms with van der Waals surface area (Å²) in [5, 5.41) is 7.55. The fraction of sp³-hybridized carbons (Fsp3) is 0.103. The predicted molar refractivity (Wildman–Crippen MR) is 136 cm³/mol. The minimum atomic E-state index is -0.284. The molecule has 0 spiro atoms. The highest BCUT2D eigenvalue weighted by molar-refractivity contribution is 6.11. The highest BCUT2D eigenvalue weighted by atomic mass is 16.5. The molecular formula is C29H25N3O3. The Labute approximate surface area is 203 Å². The normalized spacial score (nSPS) is 10.8. The number of nitrogens with one attached hydrogen (secondary N) is 1. The Morgan fingerprint density at radius 3 is 2.37 bits per heavy atom. The molecule has 0 aliphatic carbocycles. The van der Waals surface area contributed by atoms with Crippen molar-refractivity contribution in [2.24, 2.45) is 0 Å². The Bertz CT molecular complexity index is 1480. The van der Waals surface area contributed by atoms with E-state index in [1.165, 1.54) is 0 Å². The number of aryl methyl sites for hydroxylation is 2. The third-order valence-electron chi connectivity index (χ3n) is 5.69. The van der Waals surface area contributed by atoms with Crippen LogP contribution in [0.15, 0.2) is 97.2 Å². The average Bonchev–Trinajstić information content (AvgIpc) is 3.25. The fourth-order valence-electron chi connectivity index (χ4n) is 3.85. The maximum Gasteiger partial charge on any atom is 0.263 e. The van der Waals surface area contributed by atoms with E-state index in [0.717, 1.165) is 28.2 Å². The Morgan fingerprint density at radius 1 is 0.886 bits per heavy atom. The number of pyridine rings is 1. The van der Waals surface area contributed by atoms with Crippen molar-refractivity contribution in [2.45, 2.75) is 20.5 Å². The zero-order chi connectivity index (χ0) is 24.2. The summed E-state index contributed by atoms with van der Waals surface area (Å²) in [5.41, 5.74) is 4.57. The Morgan fingerprint density at radius 2 is 1.60 bits per heavy atom. The van der Waals surface area contributed by atoms with Crippen molar-refractivity contribution in [1.82, 2.24) is 9.61 Å². The minimum absolute atomic E-state index is 0.284. The second kappa shape index (κ2) is 9.73. The topological polar surface area (TPSA) is 64.9 Å². The monoisotopic (exact) mass is 463 g/mol. The van der Waals surface area contributed by atoms with Crippen molar-refractivity contribution in [3.8, 4) is 17.4 Å². The molecule has 0 atom stereocenters. The van der Waals surface area contributed by atoms with E-state index in [9.17, 15) is 4.79 Å². The van der Waals surface area contributed by atoms with Gasteiger partial charge in [0.1, 0.15) is 23.7 Å². The van der Waals surface area contributed by atoms with E-state index in [1.807, 2.05) is 105 Å². The van der Waals surface area contributed by atoms with E-state index in [0.29, 0.717) is 23.4 Å². The Hall–Kier alpha value is -4.58. The molecule has 0 radical (unpaired) electrons. The van der Waals surface area contributed by atoms with E-state index in [2.05, 4.69) is 10.4 Å². The first-order chi connectivity index (χ1) is 17.1. The summed E-state index contributed by atoms with van der Waals surface area (Å²) in [6.07, 6.45) is 1.80. The van der Waals surface area contributed by atoms with Crippen LogP contribution in [0, 0.1) is 13.8 Å². The van der Waals surface area contributed by atoms with Crippen LogP contribution in [0.2, 0.25) is 0 Å². The SMILES string of the molecule is Cc1cc(Oc2ccccc2)c(C)cc1NC(=O)c1c(OCc2ccccc2)nn2ccccc12. The van der Waals surface area contributed by atoms with Gasteiger partial charge in [-0.05, 0) is 66.9 Å². The number of para-hydroxylation sites is 1. The summed E-state index contributed by atoms with van der Waals surface area (Å²) < 4.78 is 13.7. The summed E-state index contributed by atoms with van der Waals surface area (Å²) in [4.78, 5) is 13.5. The molecule has 2 aromatic heterocycles. The quantitative estimate of drug-likeness (QED) is 0.296. The smallest absolute Gasteiger partial charge is 0.263 e. The number of aromatic nitrogens is 2. The molecule has 6 heteroatoms. The van der Waals surface area contributed by atoms with Gasteiger partial charge in [0.25, 0.3) is 5.91 Å². The van der Waals surface area contributed by atoms with Crippen LogP contribution in [-0.4, -0.2) is 15.5 Å². The van der Waals surface area contributed by atoms with Crippen molar-refractivity contribution >= 4 is 17.1 Å². The van der Waals surface area contributed by atoms with Crippen molar-refractivity contribution in [2.75, 3.05) is 5.32 Å². The molecule has 6 nitrogen and oxygen atoms in total. The molecule has 0 aliphatic heterocycles. The minimum Gasteiger partial charge on any atom is -0.471 e. The number of benzene rings is 3. The van der Waals surface area contributed by atoms with Crippen LogP contribution in [0.1, 0.15) is 27.0 Å². The predicted octanol–water partition coefficient (Wildman–Crippen LogP) is 6.57. The van der Waals surface area contributed by atoms with Crippen LogP contribution in [0.5, 0.6) is 17.4 Å². The van der Waals surface area contributed by atoms with Gasteiger partial charge in [0.05, 0.1) is 5.52 Å². The van der Waals surface area contributed by atoms with Crippen LogP contribution in [-0.2, 0) is 6.61 Å². The first-order valence-corrected chi connectivity index (χ1v) is 11.4. The van der Waals surface area contributed by atoms with Gasteiger partial charge in [-0.25, -0.2) is 4.52 Å². The largest absolute Gasteiger partial charge is 0.471 e. The Balaban J connectivity index is 1.42. The molecule has 0 fully saturated rings. The maximum absolute atomic E-state index is 13.5. The van der Waals surface area contributed by atoms with Crippen molar-refractivity contribution in [3.63, 3.8) is 0 Å². The van der Waals surface area contributed by atoms with Gasteiger partial charge < -0.3 is 14.8 Å². The van der Waals surface area contributed by atoms with Crippen LogP contribution < -0.4 is 14.8 Å². The zero-order valence-corrected chi connectivity index (χ0v) is 19.6. The number of carbonyl (C=O) groups is 1. The number of amides is 1. The van der Waals surface area contributed by atoms with Gasteiger partial charge in [-0.15, -0.1) is 5.10 Å². The molecule has 0 aliphatic rings. The lowest BCUT2D eigenvalue weighted by atomic mass is 10.1. The third-order valence-corrected chi connectivity index (χ3v) is 5.69. The van der Waals surface area contributed by atoms with Gasteiger partial charge in [-0.1, -0.05) is 54.6 Å². The van der Waals surface area contributed by atoms with Gasteiger partial charge in [-0.3, -0.25) is 4.79 Å². The van der Waals surface area contributed by atoms with Crippen LogP contribution in [0.3, 0.4) is 0 Å². The second-order valence-corrected chi connectivity index (χ2v) is 8.29. The number of nitrogens with zero attached hydrogens (tertiary/aromatic N) is 2. The molecule has 0 bridgehead atoms. The molecule has 5 rings (SSSR count). The summed E-state index contributed by atoms with van der Waals surface area (Å²) in [7, 11) is 0. The van der Waals surface area contributed by atoms with E-state index >= 15 is 0 Å². The molecule has 0 saturated heterocycles. The first-order valence-electron chi connectivity index (χ1n) is 11.4. The third kappa shape index (κ3) is 4.87. The number of anilines is 1.